The maximum Gasteiger partial charge on any atom is 0.326 e. The number of hydrogen-bond donors (Lipinski definition) is 3. The van der Waals surface area contributed by atoms with E-state index in [2.05, 4.69) is 15.7 Å². The van der Waals surface area contributed by atoms with E-state index in [1.54, 1.807) is 11.6 Å². The van der Waals surface area contributed by atoms with Crippen LogP contribution in [0.4, 0.5) is 0 Å². The third-order valence-electron chi connectivity index (χ3n) is 4.35. The van der Waals surface area contributed by atoms with Crippen LogP contribution in [-0.4, -0.2) is 45.3 Å². The molecule has 28 heavy (non-hydrogen) atoms. The number of nitrogens with zero attached hydrogens (tertiary/aromatic N) is 2. The second-order valence-electron chi connectivity index (χ2n) is 7.11. The number of para-hydroxylation sites is 1. The molecule has 8 nitrogen and oxygen atoms in total. The lowest BCUT2D eigenvalue weighted by Gasteiger charge is -2.16. The van der Waals surface area contributed by atoms with Crippen molar-refractivity contribution < 1.29 is 19.5 Å². The number of carbonyl (C=O) groups excluding carboxylic acids is 2. The van der Waals surface area contributed by atoms with Crippen molar-refractivity contribution in [3.8, 4) is 5.69 Å². The molecule has 3 N–H and O–H groups in total. The van der Waals surface area contributed by atoms with Gasteiger partial charge >= 0.3 is 5.97 Å². The summed E-state index contributed by atoms with van der Waals surface area (Å²) >= 11 is 0. The molecule has 0 radical (unpaired) electrons. The molecule has 2 rings (SSSR count). The number of amides is 2. The average molecular weight is 386 g/mol. The molecular weight excluding hydrogens is 360 g/mol. The topological polar surface area (TPSA) is 113 Å². The Bertz CT molecular complexity index is 873. The molecule has 0 saturated heterocycles. The van der Waals surface area contributed by atoms with Gasteiger partial charge in [-0.2, -0.15) is 5.10 Å². The first-order valence-electron chi connectivity index (χ1n) is 9.11. The SMILES string of the molecule is Cc1ccccc1-n1ncc(C(=O)NCC(=O)N[C@@H](CC(C)C)C(=O)O)c1C. The Hall–Kier alpha value is -3.16. The summed E-state index contributed by atoms with van der Waals surface area (Å²) in [5, 5.41) is 18.4. The Kier molecular flexibility index (Phi) is 6.92. The molecule has 0 bridgehead atoms. The molecule has 8 heteroatoms. The number of aromatic nitrogens is 2. The molecule has 2 aromatic rings. The molecule has 0 fully saturated rings. The lowest BCUT2D eigenvalue weighted by Crippen LogP contribution is -2.46. The van der Waals surface area contributed by atoms with Crippen molar-refractivity contribution >= 4 is 17.8 Å². The van der Waals surface area contributed by atoms with E-state index in [1.807, 2.05) is 45.0 Å². The molecule has 1 aromatic heterocycles. The molecule has 0 aliphatic carbocycles. The van der Waals surface area contributed by atoms with Gasteiger partial charge in [0.1, 0.15) is 6.04 Å². The Morgan fingerprint density at radius 1 is 1.18 bits per heavy atom. The Morgan fingerprint density at radius 3 is 2.46 bits per heavy atom. The third kappa shape index (κ3) is 5.18. The van der Waals surface area contributed by atoms with E-state index in [1.165, 1.54) is 6.20 Å². The zero-order valence-electron chi connectivity index (χ0n) is 16.5. The summed E-state index contributed by atoms with van der Waals surface area (Å²) in [7, 11) is 0. The normalized spacial score (nSPS) is 11.9. The number of carboxylic acid groups (broad SMARTS) is 1. The van der Waals surface area contributed by atoms with Crippen molar-refractivity contribution in [2.24, 2.45) is 5.92 Å². The second kappa shape index (κ2) is 9.16. The fourth-order valence-electron chi connectivity index (χ4n) is 2.87. The smallest absolute Gasteiger partial charge is 0.326 e. The van der Waals surface area contributed by atoms with Crippen molar-refractivity contribution in [1.82, 2.24) is 20.4 Å². The molecule has 2 amide bonds. The van der Waals surface area contributed by atoms with Crippen LogP contribution < -0.4 is 10.6 Å². The summed E-state index contributed by atoms with van der Waals surface area (Å²) in [4.78, 5) is 35.7. The fourth-order valence-corrected chi connectivity index (χ4v) is 2.87. The van der Waals surface area contributed by atoms with Crippen LogP contribution in [0.3, 0.4) is 0 Å². The largest absolute Gasteiger partial charge is 0.480 e. The number of aryl methyl sites for hydroxylation is 1. The van der Waals surface area contributed by atoms with Gasteiger partial charge in [-0.3, -0.25) is 9.59 Å². The molecular formula is C20H26N4O4. The van der Waals surface area contributed by atoms with Crippen LogP contribution >= 0.6 is 0 Å². The number of carboxylic acids is 1. The quantitative estimate of drug-likeness (QED) is 0.641. The van der Waals surface area contributed by atoms with Crippen molar-refractivity contribution in [2.45, 2.75) is 40.2 Å². The number of rotatable bonds is 8. The number of nitrogens with one attached hydrogen (secondary N) is 2. The van der Waals surface area contributed by atoms with Gasteiger partial charge in [-0.25, -0.2) is 9.48 Å². The summed E-state index contributed by atoms with van der Waals surface area (Å²) in [6, 6.07) is 6.70. The predicted octanol–water partition coefficient (Wildman–Crippen LogP) is 1.83. The van der Waals surface area contributed by atoms with E-state index in [9.17, 15) is 19.5 Å². The highest BCUT2D eigenvalue weighted by Crippen LogP contribution is 2.17. The first-order chi connectivity index (χ1) is 13.2. The highest BCUT2D eigenvalue weighted by atomic mass is 16.4. The minimum Gasteiger partial charge on any atom is -0.480 e. The third-order valence-corrected chi connectivity index (χ3v) is 4.35. The van der Waals surface area contributed by atoms with Gasteiger partial charge in [0.05, 0.1) is 29.7 Å². The zero-order valence-corrected chi connectivity index (χ0v) is 16.5. The first-order valence-corrected chi connectivity index (χ1v) is 9.11. The fraction of sp³-hybridized carbons (Fsp3) is 0.400. The summed E-state index contributed by atoms with van der Waals surface area (Å²) in [6.07, 6.45) is 1.77. The molecule has 1 atom stereocenters. The number of aliphatic carboxylic acids is 1. The molecule has 1 aromatic carbocycles. The number of hydrogen-bond acceptors (Lipinski definition) is 4. The van der Waals surface area contributed by atoms with Crippen molar-refractivity contribution in [1.29, 1.82) is 0 Å². The molecule has 0 saturated carbocycles. The zero-order chi connectivity index (χ0) is 20.8. The minimum absolute atomic E-state index is 0.117. The molecule has 0 aliphatic heterocycles. The van der Waals surface area contributed by atoms with Crippen LogP contribution in [-0.2, 0) is 9.59 Å². The summed E-state index contributed by atoms with van der Waals surface area (Å²) in [5.41, 5.74) is 2.89. The van der Waals surface area contributed by atoms with Gasteiger partial charge < -0.3 is 15.7 Å². The Morgan fingerprint density at radius 2 is 1.86 bits per heavy atom. The Balaban J connectivity index is 2.01. The van der Waals surface area contributed by atoms with E-state index >= 15 is 0 Å². The van der Waals surface area contributed by atoms with Gasteiger partial charge in [-0.05, 0) is 37.8 Å². The molecule has 0 aliphatic rings. The van der Waals surface area contributed by atoms with Gasteiger partial charge in [0.25, 0.3) is 5.91 Å². The highest BCUT2D eigenvalue weighted by molar-refractivity contribution is 5.97. The van der Waals surface area contributed by atoms with E-state index < -0.39 is 23.8 Å². The predicted molar refractivity (Wildman–Crippen MR) is 104 cm³/mol. The van der Waals surface area contributed by atoms with Crippen LogP contribution in [0.15, 0.2) is 30.5 Å². The van der Waals surface area contributed by atoms with Crippen LogP contribution in [0.2, 0.25) is 0 Å². The number of carbonyl (C=O) groups is 3. The maximum atomic E-state index is 12.4. The van der Waals surface area contributed by atoms with Crippen LogP contribution in [0.25, 0.3) is 5.69 Å². The second-order valence-corrected chi connectivity index (χ2v) is 7.11. The van der Waals surface area contributed by atoms with Crippen LogP contribution in [0, 0.1) is 19.8 Å². The summed E-state index contributed by atoms with van der Waals surface area (Å²) in [5.74, 6) is -1.97. The van der Waals surface area contributed by atoms with Crippen molar-refractivity contribution in [3.05, 3.63) is 47.3 Å². The summed E-state index contributed by atoms with van der Waals surface area (Å²) < 4.78 is 1.67. The molecule has 1 heterocycles. The van der Waals surface area contributed by atoms with Crippen LogP contribution in [0.1, 0.15) is 41.9 Å². The standard InChI is InChI=1S/C20H26N4O4/c1-12(2)9-16(20(27)28)23-18(25)11-21-19(26)15-10-22-24(14(15)4)17-8-6-5-7-13(17)3/h5-8,10,12,16H,9,11H2,1-4H3,(H,21,26)(H,23,25)(H,27,28)/t16-/m0/s1. The highest BCUT2D eigenvalue weighted by Gasteiger charge is 2.22. The van der Waals surface area contributed by atoms with Gasteiger partial charge in [0.2, 0.25) is 5.91 Å². The van der Waals surface area contributed by atoms with Gasteiger partial charge in [0.15, 0.2) is 0 Å². The molecule has 0 spiro atoms. The van der Waals surface area contributed by atoms with Gasteiger partial charge in [-0.15, -0.1) is 0 Å². The van der Waals surface area contributed by atoms with Crippen molar-refractivity contribution in [3.63, 3.8) is 0 Å². The lowest BCUT2D eigenvalue weighted by molar-refractivity contribution is -0.142. The van der Waals surface area contributed by atoms with E-state index in [-0.39, 0.29) is 12.5 Å². The molecule has 0 unspecified atom stereocenters. The summed E-state index contributed by atoms with van der Waals surface area (Å²) in [6.45, 7) is 7.17. The first kappa shape index (κ1) is 21.1. The molecule has 150 valence electrons. The van der Waals surface area contributed by atoms with Crippen molar-refractivity contribution in [2.75, 3.05) is 6.54 Å². The number of benzene rings is 1. The van der Waals surface area contributed by atoms with Gasteiger partial charge in [0, 0.05) is 0 Å². The Labute approximate surface area is 163 Å². The van der Waals surface area contributed by atoms with E-state index in [0.717, 1.165) is 11.3 Å². The maximum absolute atomic E-state index is 12.4. The van der Waals surface area contributed by atoms with Gasteiger partial charge in [-0.1, -0.05) is 32.0 Å². The van der Waals surface area contributed by atoms with E-state index in [0.29, 0.717) is 17.7 Å². The minimum atomic E-state index is -1.09. The monoisotopic (exact) mass is 386 g/mol. The van der Waals surface area contributed by atoms with Crippen LogP contribution in [0.5, 0.6) is 0 Å². The lowest BCUT2D eigenvalue weighted by atomic mass is 10.0. The average Bonchev–Trinajstić information content (AvgIpc) is 3.00. The van der Waals surface area contributed by atoms with E-state index in [4.69, 9.17) is 0 Å².